The van der Waals surface area contributed by atoms with E-state index >= 15 is 0 Å². The molecule has 2 aliphatic rings. The van der Waals surface area contributed by atoms with Gasteiger partial charge in [-0.15, -0.1) is 12.4 Å². The van der Waals surface area contributed by atoms with Crippen LogP contribution in [0.25, 0.3) is 0 Å². The lowest BCUT2D eigenvalue weighted by Gasteiger charge is -2.31. The maximum Gasteiger partial charge on any atom is 0.257 e. The molecule has 0 spiro atoms. The number of halogens is 1. The number of nitrogens with zero attached hydrogens (tertiary/aromatic N) is 2. The predicted octanol–water partition coefficient (Wildman–Crippen LogP) is 1.02. The van der Waals surface area contributed by atoms with E-state index in [0.29, 0.717) is 11.3 Å². The van der Waals surface area contributed by atoms with Crippen LogP contribution in [-0.4, -0.2) is 33.8 Å². The van der Waals surface area contributed by atoms with Crippen molar-refractivity contribution in [3.63, 3.8) is 0 Å². The number of fused-ring (bicyclic) bond motifs is 1. The van der Waals surface area contributed by atoms with Gasteiger partial charge in [0.15, 0.2) is 6.23 Å². The third-order valence-corrected chi connectivity index (χ3v) is 3.72. The van der Waals surface area contributed by atoms with Crippen molar-refractivity contribution in [3.05, 3.63) is 29.3 Å². The molecule has 3 rings (SSSR count). The largest absolute Gasteiger partial charge is 0.369 e. The summed E-state index contributed by atoms with van der Waals surface area (Å²) in [5, 5.41) is 15.7. The molecule has 1 saturated heterocycles. The molecule has 3 amide bonds. The van der Waals surface area contributed by atoms with Gasteiger partial charge in [-0.3, -0.25) is 24.6 Å². The number of amides is 3. The highest BCUT2D eigenvalue weighted by Crippen LogP contribution is 2.36. The molecule has 0 aromatic heterocycles. The third-order valence-electron chi connectivity index (χ3n) is 3.72. The van der Waals surface area contributed by atoms with Gasteiger partial charge >= 0.3 is 0 Å². The Hall–Kier alpha value is -2.32. The smallest absolute Gasteiger partial charge is 0.257 e. The highest BCUT2D eigenvalue weighted by atomic mass is 35.5. The second-order valence-electron chi connectivity index (χ2n) is 4.94. The summed E-state index contributed by atoms with van der Waals surface area (Å²) in [4.78, 5) is 36.5. The van der Waals surface area contributed by atoms with Crippen LogP contribution in [0.2, 0.25) is 0 Å². The Labute approximate surface area is 131 Å². The lowest BCUT2D eigenvalue weighted by molar-refractivity contribution is -0.139. The topological polar surface area (TPSA) is 123 Å². The summed E-state index contributed by atoms with van der Waals surface area (Å²) in [5.74, 6) is -1.47. The molecule has 2 unspecified atom stereocenters. The summed E-state index contributed by atoms with van der Waals surface area (Å²) in [7, 11) is 0. The van der Waals surface area contributed by atoms with E-state index in [1.165, 1.54) is 18.2 Å². The van der Waals surface area contributed by atoms with Crippen molar-refractivity contribution in [2.75, 3.05) is 0 Å². The zero-order chi connectivity index (χ0) is 15.1. The van der Waals surface area contributed by atoms with Crippen LogP contribution in [0, 0.1) is 5.53 Å². The van der Waals surface area contributed by atoms with Gasteiger partial charge in [-0.05, 0) is 18.6 Å². The van der Waals surface area contributed by atoms with Crippen molar-refractivity contribution in [2.45, 2.75) is 25.1 Å². The molecule has 22 heavy (non-hydrogen) atoms. The fourth-order valence-electron chi connectivity index (χ4n) is 2.68. The summed E-state index contributed by atoms with van der Waals surface area (Å²) in [6, 6.07) is 3.54. The quantitative estimate of drug-likeness (QED) is 0.555. The Morgan fingerprint density at radius 1 is 1.32 bits per heavy atom. The first-order valence-electron chi connectivity index (χ1n) is 6.38. The van der Waals surface area contributed by atoms with Gasteiger partial charge in [0, 0.05) is 17.5 Å². The van der Waals surface area contributed by atoms with Crippen LogP contribution < -0.4 is 5.32 Å². The van der Waals surface area contributed by atoms with Crippen LogP contribution in [0.5, 0.6) is 0 Å². The van der Waals surface area contributed by atoms with Gasteiger partial charge in [-0.25, -0.2) is 5.53 Å². The molecule has 0 bridgehead atoms. The number of nitrogens with one attached hydrogen (secondary N) is 2. The molecule has 9 heteroatoms. The van der Waals surface area contributed by atoms with E-state index in [1.54, 1.807) is 0 Å². The minimum atomic E-state index is -1.24. The van der Waals surface area contributed by atoms with Crippen molar-refractivity contribution < 1.29 is 19.5 Å². The van der Waals surface area contributed by atoms with Crippen LogP contribution >= 0.6 is 12.4 Å². The fourth-order valence-corrected chi connectivity index (χ4v) is 2.68. The molecule has 116 valence electrons. The molecule has 8 nitrogen and oxygen atoms in total. The molecular weight excluding hydrogens is 312 g/mol. The first-order valence-corrected chi connectivity index (χ1v) is 6.38. The lowest BCUT2D eigenvalue weighted by atomic mass is 10.0. The van der Waals surface area contributed by atoms with E-state index in [9.17, 15) is 19.5 Å². The molecule has 1 aromatic rings. The standard InChI is InChI=1S/C13H12N4O4.ClH/c14-16-6-1-2-7-8(5-6)13(21)17(12(7)20)9-3-4-10(18)15-11(9)19;/h1-2,5,9,12,14,20H,3-4H2,(H,15,18,19);1H. The molecule has 2 aliphatic heterocycles. The zero-order valence-corrected chi connectivity index (χ0v) is 12.1. The molecule has 1 aromatic carbocycles. The number of hydrogen-bond acceptors (Lipinski definition) is 6. The number of rotatable bonds is 2. The number of benzene rings is 1. The highest BCUT2D eigenvalue weighted by molar-refractivity contribution is 6.06. The number of carbonyl (C=O) groups is 3. The Bertz CT molecular complexity index is 678. The van der Waals surface area contributed by atoms with Crippen molar-refractivity contribution >= 4 is 35.8 Å². The summed E-state index contributed by atoms with van der Waals surface area (Å²) in [5.41, 5.74) is 7.85. The molecule has 2 atom stereocenters. The van der Waals surface area contributed by atoms with Crippen LogP contribution in [-0.2, 0) is 9.59 Å². The molecular formula is C13H13ClN4O4. The number of hydrogen-bond donors (Lipinski definition) is 3. The Balaban J connectivity index is 0.00000176. The van der Waals surface area contributed by atoms with Gasteiger partial charge in [0.25, 0.3) is 5.91 Å². The Morgan fingerprint density at radius 3 is 2.68 bits per heavy atom. The highest BCUT2D eigenvalue weighted by Gasteiger charge is 2.44. The average Bonchev–Trinajstić information content (AvgIpc) is 2.71. The zero-order valence-electron chi connectivity index (χ0n) is 11.3. The van der Waals surface area contributed by atoms with Crippen LogP contribution in [0.3, 0.4) is 0 Å². The number of carbonyl (C=O) groups excluding carboxylic acids is 3. The van der Waals surface area contributed by atoms with Crippen LogP contribution in [0.15, 0.2) is 23.3 Å². The SMILES string of the molecule is Cl.N=Nc1ccc2c(c1)C(=O)N(C1CCC(=O)NC1=O)C2O. The first-order chi connectivity index (χ1) is 10.0. The van der Waals surface area contributed by atoms with E-state index in [4.69, 9.17) is 5.53 Å². The normalized spacial score (nSPS) is 23.7. The monoisotopic (exact) mass is 324 g/mol. The van der Waals surface area contributed by atoms with Crippen molar-refractivity contribution in [1.29, 1.82) is 5.53 Å². The number of aliphatic hydroxyl groups excluding tert-OH is 1. The van der Waals surface area contributed by atoms with Gasteiger partial charge in [0.2, 0.25) is 11.8 Å². The molecule has 0 saturated carbocycles. The van der Waals surface area contributed by atoms with Gasteiger partial charge in [0.05, 0.1) is 5.69 Å². The number of aliphatic hydroxyl groups is 1. The first kappa shape index (κ1) is 16.1. The maximum absolute atomic E-state index is 12.4. The number of piperidine rings is 1. The van der Waals surface area contributed by atoms with Crippen molar-refractivity contribution in [2.24, 2.45) is 5.11 Å². The third kappa shape index (κ3) is 2.36. The number of imide groups is 1. The summed E-state index contributed by atoms with van der Waals surface area (Å²) >= 11 is 0. The average molecular weight is 325 g/mol. The second-order valence-corrected chi connectivity index (χ2v) is 4.94. The molecule has 1 fully saturated rings. The summed E-state index contributed by atoms with van der Waals surface area (Å²) < 4.78 is 0. The van der Waals surface area contributed by atoms with Crippen molar-refractivity contribution in [1.82, 2.24) is 10.2 Å². The molecule has 0 radical (unpaired) electrons. The van der Waals surface area contributed by atoms with E-state index < -0.39 is 24.1 Å². The minimum absolute atomic E-state index is 0. The van der Waals surface area contributed by atoms with E-state index in [0.717, 1.165) is 4.90 Å². The van der Waals surface area contributed by atoms with E-state index in [-0.39, 0.29) is 36.7 Å². The lowest BCUT2D eigenvalue weighted by Crippen LogP contribution is -2.53. The van der Waals surface area contributed by atoms with E-state index in [2.05, 4.69) is 10.4 Å². The summed E-state index contributed by atoms with van der Waals surface area (Å²) in [6.45, 7) is 0. The Kier molecular flexibility index (Phi) is 4.25. The fraction of sp³-hybridized carbons (Fsp3) is 0.308. The summed E-state index contributed by atoms with van der Waals surface area (Å²) in [6.07, 6.45) is -0.940. The van der Waals surface area contributed by atoms with Gasteiger partial charge < -0.3 is 5.11 Å². The van der Waals surface area contributed by atoms with E-state index in [1.807, 2.05) is 0 Å². The maximum atomic E-state index is 12.4. The predicted molar refractivity (Wildman–Crippen MR) is 75.8 cm³/mol. The van der Waals surface area contributed by atoms with Gasteiger partial charge in [0.1, 0.15) is 6.04 Å². The Morgan fingerprint density at radius 2 is 2.05 bits per heavy atom. The molecule has 2 heterocycles. The molecule has 0 aliphatic carbocycles. The minimum Gasteiger partial charge on any atom is -0.369 e. The van der Waals surface area contributed by atoms with Crippen molar-refractivity contribution in [3.8, 4) is 0 Å². The van der Waals surface area contributed by atoms with Gasteiger partial charge in [-0.2, -0.15) is 5.11 Å². The van der Waals surface area contributed by atoms with Crippen LogP contribution in [0.1, 0.15) is 35.0 Å². The molecule has 3 N–H and O–H groups in total. The van der Waals surface area contributed by atoms with Crippen LogP contribution in [0.4, 0.5) is 5.69 Å². The van der Waals surface area contributed by atoms with Gasteiger partial charge in [-0.1, -0.05) is 6.07 Å². The second kappa shape index (κ2) is 5.82.